The van der Waals surface area contributed by atoms with Crippen molar-refractivity contribution in [2.45, 2.75) is 334 Å². The molecule has 0 rings (SSSR count). The van der Waals surface area contributed by atoms with Crippen molar-refractivity contribution < 1.29 is 42.9 Å². The van der Waals surface area contributed by atoms with E-state index in [9.17, 15) is 19.5 Å². The van der Waals surface area contributed by atoms with E-state index in [0.29, 0.717) is 17.4 Å². The average molecular weight is 1060 g/mol. The summed E-state index contributed by atoms with van der Waals surface area (Å²) >= 11 is 0. The standard InChI is InChI=1S/C66H125NO8/c1-6-8-10-12-14-16-18-20-21-22-23-24-25-26-27-28-29-30-31-32-33-34-35-36-37-38-39-40-41-42-43-45-47-49-51-53-55-57-64(69)75-62(61-74-66(65(70)71)72-59-58-67(3,4)5)60-73-63(68)56-54-52-50-48-46-44-19-17-15-13-11-9-7-2/h17,19,22-23,62,66H,6-16,18,20-21,24-61H2,1-5H3/p+1/b19-17-,23-22-. The summed E-state index contributed by atoms with van der Waals surface area (Å²) in [5, 5.41) is 9.70. The Bertz CT molecular complexity index is 1280. The lowest BCUT2D eigenvalue weighted by Gasteiger charge is -2.25. The van der Waals surface area contributed by atoms with E-state index >= 15 is 0 Å². The van der Waals surface area contributed by atoms with Crippen LogP contribution in [0, 0.1) is 0 Å². The maximum Gasteiger partial charge on any atom is 0.361 e. The fourth-order valence-electron chi connectivity index (χ4n) is 9.65. The summed E-state index contributed by atoms with van der Waals surface area (Å²) in [6.07, 6.45) is 67.3. The molecule has 2 atom stereocenters. The van der Waals surface area contributed by atoms with Crippen molar-refractivity contribution in [1.82, 2.24) is 0 Å². The molecule has 0 saturated carbocycles. The van der Waals surface area contributed by atoms with Gasteiger partial charge in [-0.25, -0.2) is 4.79 Å². The lowest BCUT2D eigenvalue weighted by Crippen LogP contribution is -2.40. The highest BCUT2D eigenvalue weighted by Crippen LogP contribution is 2.18. The van der Waals surface area contributed by atoms with Crippen molar-refractivity contribution in [1.29, 1.82) is 0 Å². The minimum atomic E-state index is -1.51. The van der Waals surface area contributed by atoms with E-state index in [1.165, 1.54) is 244 Å². The summed E-state index contributed by atoms with van der Waals surface area (Å²) in [4.78, 5) is 37.4. The molecule has 0 fully saturated rings. The number of carboxylic acid groups (broad SMARTS) is 1. The molecule has 0 saturated heterocycles. The predicted molar refractivity (Wildman–Crippen MR) is 318 cm³/mol. The van der Waals surface area contributed by atoms with Gasteiger partial charge in [-0.2, -0.15) is 0 Å². The molecule has 0 aliphatic rings. The highest BCUT2D eigenvalue weighted by molar-refractivity contribution is 5.71. The molecule has 0 spiro atoms. The molecule has 0 aliphatic carbocycles. The number of allylic oxidation sites excluding steroid dienone is 4. The molecule has 1 N–H and O–H groups in total. The van der Waals surface area contributed by atoms with Gasteiger partial charge in [-0.05, 0) is 64.2 Å². The number of carbonyl (C=O) groups excluding carboxylic acids is 2. The van der Waals surface area contributed by atoms with Gasteiger partial charge in [-0.1, -0.05) is 269 Å². The minimum absolute atomic E-state index is 0.181. The molecule has 0 radical (unpaired) electrons. The zero-order valence-corrected chi connectivity index (χ0v) is 50.5. The number of aliphatic carboxylic acids is 1. The van der Waals surface area contributed by atoms with Gasteiger partial charge < -0.3 is 28.5 Å². The van der Waals surface area contributed by atoms with E-state index in [2.05, 4.69) is 38.2 Å². The van der Waals surface area contributed by atoms with Crippen LogP contribution in [-0.4, -0.2) is 87.4 Å². The van der Waals surface area contributed by atoms with Gasteiger partial charge in [0.25, 0.3) is 6.29 Å². The van der Waals surface area contributed by atoms with Crippen LogP contribution < -0.4 is 0 Å². The Morgan fingerprint density at radius 3 is 1.00 bits per heavy atom. The number of esters is 2. The second-order valence-corrected chi connectivity index (χ2v) is 23.4. The normalized spacial score (nSPS) is 12.8. The lowest BCUT2D eigenvalue weighted by molar-refractivity contribution is -0.870. The van der Waals surface area contributed by atoms with Crippen LogP contribution >= 0.6 is 0 Å². The van der Waals surface area contributed by atoms with Crippen LogP contribution in [0.5, 0.6) is 0 Å². The Morgan fingerprint density at radius 1 is 0.387 bits per heavy atom. The zero-order valence-electron chi connectivity index (χ0n) is 50.5. The molecular weight excluding hydrogens is 935 g/mol. The molecule has 0 aromatic carbocycles. The van der Waals surface area contributed by atoms with E-state index < -0.39 is 18.4 Å². The number of quaternary nitrogens is 1. The van der Waals surface area contributed by atoms with E-state index in [4.69, 9.17) is 18.9 Å². The number of rotatable bonds is 61. The highest BCUT2D eigenvalue weighted by atomic mass is 16.7. The Balaban J connectivity index is 3.94. The third-order valence-electron chi connectivity index (χ3n) is 14.7. The Kier molecular flexibility index (Phi) is 56.2. The van der Waals surface area contributed by atoms with Crippen LogP contribution in [0.15, 0.2) is 24.3 Å². The highest BCUT2D eigenvalue weighted by Gasteiger charge is 2.25. The first-order valence-electron chi connectivity index (χ1n) is 32.5. The van der Waals surface area contributed by atoms with Gasteiger partial charge in [0.2, 0.25) is 0 Å². The van der Waals surface area contributed by atoms with Crippen LogP contribution in [0.2, 0.25) is 0 Å². The van der Waals surface area contributed by atoms with E-state index in [-0.39, 0.29) is 38.2 Å². The van der Waals surface area contributed by atoms with Gasteiger partial charge >= 0.3 is 17.9 Å². The molecular formula is C66H126NO8+. The fraction of sp³-hybridized carbons (Fsp3) is 0.894. The fourth-order valence-corrected chi connectivity index (χ4v) is 9.65. The SMILES string of the molecule is CCCCCC/C=C\CCCCCCCC(=O)OCC(COC(OCC[N+](C)(C)C)C(=O)O)OC(=O)CCCCCCCCCCCCCCCCCCCCCCCCCCC/C=C\CCCCCCCCCC. The number of carboxylic acids is 1. The van der Waals surface area contributed by atoms with Gasteiger partial charge in [0.15, 0.2) is 6.10 Å². The number of hydrogen-bond acceptors (Lipinski definition) is 7. The molecule has 9 heteroatoms. The number of likely N-dealkylation sites (N-methyl/N-ethyl adjacent to an activating group) is 1. The van der Waals surface area contributed by atoms with Crippen molar-refractivity contribution >= 4 is 17.9 Å². The first kappa shape index (κ1) is 72.8. The van der Waals surface area contributed by atoms with E-state index in [1.54, 1.807) is 0 Å². The summed E-state index contributed by atoms with van der Waals surface area (Å²) in [5.74, 6) is -2.00. The third kappa shape index (κ3) is 59.3. The van der Waals surface area contributed by atoms with Crippen LogP contribution in [0.4, 0.5) is 0 Å². The monoisotopic (exact) mass is 1060 g/mol. The minimum Gasteiger partial charge on any atom is -0.477 e. The summed E-state index contributed by atoms with van der Waals surface area (Å²) in [7, 11) is 5.98. The predicted octanol–water partition coefficient (Wildman–Crippen LogP) is 19.5. The second-order valence-electron chi connectivity index (χ2n) is 23.4. The molecule has 9 nitrogen and oxygen atoms in total. The summed E-state index contributed by atoms with van der Waals surface area (Å²) in [5.41, 5.74) is 0. The van der Waals surface area contributed by atoms with Crippen molar-refractivity contribution in [3.8, 4) is 0 Å². The van der Waals surface area contributed by atoms with Crippen LogP contribution in [-0.2, 0) is 33.3 Å². The molecule has 0 aromatic heterocycles. The van der Waals surface area contributed by atoms with Crippen molar-refractivity contribution in [2.75, 3.05) is 47.5 Å². The smallest absolute Gasteiger partial charge is 0.361 e. The lowest BCUT2D eigenvalue weighted by atomic mass is 10.0. The summed E-state index contributed by atoms with van der Waals surface area (Å²) in [6, 6.07) is 0. The van der Waals surface area contributed by atoms with Crippen LogP contribution in [0.3, 0.4) is 0 Å². The summed E-state index contributed by atoms with van der Waals surface area (Å²) < 4.78 is 22.9. The summed E-state index contributed by atoms with van der Waals surface area (Å²) in [6.45, 7) is 4.89. The van der Waals surface area contributed by atoms with E-state index in [1.807, 2.05) is 21.1 Å². The molecule has 0 amide bonds. The molecule has 0 aromatic rings. The maximum absolute atomic E-state index is 12.9. The number of unbranched alkanes of at least 4 members (excludes halogenated alkanes) is 42. The molecule has 0 aliphatic heterocycles. The molecule has 0 bridgehead atoms. The Labute approximate surface area is 465 Å². The van der Waals surface area contributed by atoms with E-state index in [0.717, 1.165) is 51.4 Å². The molecule has 75 heavy (non-hydrogen) atoms. The number of nitrogens with zero attached hydrogens (tertiary/aromatic N) is 1. The van der Waals surface area contributed by atoms with Crippen molar-refractivity contribution in [2.24, 2.45) is 0 Å². The second kappa shape index (κ2) is 57.9. The number of hydrogen-bond donors (Lipinski definition) is 1. The topological polar surface area (TPSA) is 108 Å². The molecule has 0 heterocycles. The maximum atomic E-state index is 12.9. The van der Waals surface area contributed by atoms with Gasteiger partial charge in [0, 0.05) is 12.8 Å². The average Bonchev–Trinajstić information content (AvgIpc) is 3.38. The van der Waals surface area contributed by atoms with Crippen LogP contribution in [0.25, 0.3) is 0 Å². The van der Waals surface area contributed by atoms with Gasteiger partial charge in [0.1, 0.15) is 13.2 Å². The quantitative estimate of drug-likeness (QED) is 0.0211. The van der Waals surface area contributed by atoms with Crippen molar-refractivity contribution in [3.05, 3.63) is 24.3 Å². The Hall–Kier alpha value is -2.23. The zero-order chi connectivity index (χ0) is 54.8. The van der Waals surface area contributed by atoms with Gasteiger partial charge in [0.05, 0.1) is 34.4 Å². The van der Waals surface area contributed by atoms with Gasteiger partial charge in [-0.15, -0.1) is 0 Å². The number of carbonyl (C=O) groups is 3. The van der Waals surface area contributed by atoms with Crippen LogP contribution in [0.1, 0.15) is 322 Å². The molecule has 442 valence electrons. The largest absolute Gasteiger partial charge is 0.477 e. The number of ether oxygens (including phenoxy) is 4. The van der Waals surface area contributed by atoms with Gasteiger partial charge in [-0.3, -0.25) is 9.59 Å². The first-order chi connectivity index (χ1) is 36.6. The molecule has 2 unspecified atom stereocenters. The Morgan fingerprint density at radius 2 is 0.680 bits per heavy atom. The first-order valence-corrected chi connectivity index (χ1v) is 32.5. The van der Waals surface area contributed by atoms with Crippen molar-refractivity contribution in [3.63, 3.8) is 0 Å². The third-order valence-corrected chi connectivity index (χ3v) is 14.7.